The van der Waals surface area contributed by atoms with E-state index in [-0.39, 0.29) is 12.4 Å². The first-order valence-corrected chi connectivity index (χ1v) is 4.68. The lowest BCUT2D eigenvalue weighted by atomic mass is 10.4. The molecule has 1 rings (SSSR count). The van der Waals surface area contributed by atoms with Crippen LogP contribution in [0.1, 0.15) is 26.1 Å². The molecular formula is C8H14N4O2. The largest absolute Gasteiger partial charge is 0.466 e. The molecule has 0 amide bonds. The molecule has 0 aliphatic rings. The topological polar surface area (TPSA) is 69.9 Å². The molecule has 0 aromatic carbocycles. The Morgan fingerprint density at radius 3 is 2.93 bits per heavy atom. The number of carbonyl (C=O) groups excluding carboxylic acids is 1. The maximum absolute atomic E-state index is 11.0. The van der Waals surface area contributed by atoms with Gasteiger partial charge in [0, 0.05) is 0 Å². The van der Waals surface area contributed by atoms with Crippen molar-refractivity contribution in [2.24, 2.45) is 0 Å². The summed E-state index contributed by atoms with van der Waals surface area (Å²) in [5.74, 6) is 0.0976. The Hall–Kier alpha value is -1.46. The summed E-state index contributed by atoms with van der Waals surface area (Å²) in [6.07, 6.45) is 1.03. The predicted molar refractivity (Wildman–Crippen MR) is 48.4 cm³/mol. The van der Waals surface area contributed by atoms with Crippen LogP contribution in [-0.4, -0.2) is 32.8 Å². The van der Waals surface area contributed by atoms with Crippen molar-refractivity contribution in [3.8, 4) is 0 Å². The first-order valence-electron chi connectivity index (χ1n) is 4.68. The van der Waals surface area contributed by atoms with Gasteiger partial charge in [0.05, 0.1) is 13.2 Å². The number of aryl methyl sites for hydroxylation is 1. The number of ether oxygens (including phenoxy) is 1. The summed E-state index contributed by atoms with van der Waals surface area (Å²) in [4.78, 5) is 12.5. The number of rotatable bonds is 5. The molecule has 0 aliphatic carbocycles. The lowest BCUT2D eigenvalue weighted by Gasteiger charge is -1.96. The van der Waals surface area contributed by atoms with Gasteiger partial charge in [-0.1, -0.05) is 6.92 Å². The minimum absolute atomic E-state index is 0.0948. The molecule has 0 saturated heterocycles. The molecule has 14 heavy (non-hydrogen) atoms. The van der Waals surface area contributed by atoms with E-state index < -0.39 is 0 Å². The van der Waals surface area contributed by atoms with Crippen LogP contribution in [0.4, 0.5) is 0 Å². The summed E-state index contributed by atoms with van der Waals surface area (Å²) >= 11 is 0. The highest BCUT2D eigenvalue weighted by atomic mass is 16.5. The van der Waals surface area contributed by atoms with E-state index in [1.54, 1.807) is 6.92 Å². The summed E-state index contributed by atoms with van der Waals surface area (Å²) in [5.41, 5.74) is 0. The van der Waals surface area contributed by atoms with E-state index in [1.165, 1.54) is 4.80 Å². The van der Waals surface area contributed by atoms with Gasteiger partial charge in [-0.2, -0.15) is 4.80 Å². The van der Waals surface area contributed by atoms with Gasteiger partial charge in [-0.25, -0.2) is 0 Å². The zero-order chi connectivity index (χ0) is 10.4. The Kier molecular flexibility index (Phi) is 4.03. The molecule has 1 aromatic heterocycles. The van der Waals surface area contributed by atoms with Crippen molar-refractivity contribution in [2.75, 3.05) is 6.61 Å². The van der Waals surface area contributed by atoms with Gasteiger partial charge in [-0.15, -0.1) is 10.2 Å². The molecule has 0 spiro atoms. The van der Waals surface area contributed by atoms with Crippen molar-refractivity contribution in [3.05, 3.63) is 5.82 Å². The lowest BCUT2D eigenvalue weighted by Crippen LogP contribution is -2.09. The third kappa shape index (κ3) is 3.12. The second kappa shape index (κ2) is 5.31. The Bertz CT molecular complexity index is 297. The Balaban J connectivity index is 2.46. The number of esters is 1. The Morgan fingerprint density at radius 2 is 2.29 bits per heavy atom. The van der Waals surface area contributed by atoms with Gasteiger partial charge < -0.3 is 4.74 Å². The summed E-state index contributed by atoms with van der Waals surface area (Å²) in [6.45, 7) is 4.88. The van der Waals surface area contributed by atoms with Crippen LogP contribution in [0.25, 0.3) is 0 Å². The van der Waals surface area contributed by atoms with Crippen LogP contribution in [0, 0.1) is 0 Å². The van der Waals surface area contributed by atoms with Gasteiger partial charge in [0.25, 0.3) is 0 Å². The van der Waals surface area contributed by atoms with E-state index in [1.807, 2.05) is 6.92 Å². The first-order chi connectivity index (χ1) is 6.76. The average Bonchev–Trinajstić information content (AvgIpc) is 2.53. The van der Waals surface area contributed by atoms with Crippen molar-refractivity contribution in [1.82, 2.24) is 20.2 Å². The van der Waals surface area contributed by atoms with Crippen molar-refractivity contribution >= 4 is 5.97 Å². The molecule has 1 heterocycles. The minimum Gasteiger partial charge on any atom is -0.466 e. The van der Waals surface area contributed by atoms with E-state index in [9.17, 15) is 4.79 Å². The van der Waals surface area contributed by atoms with Crippen molar-refractivity contribution in [2.45, 2.75) is 33.2 Å². The molecule has 0 fully saturated rings. The van der Waals surface area contributed by atoms with E-state index in [0.29, 0.717) is 12.4 Å². The van der Waals surface area contributed by atoms with Gasteiger partial charge in [-0.05, 0) is 18.6 Å². The zero-order valence-electron chi connectivity index (χ0n) is 8.43. The van der Waals surface area contributed by atoms with E-state index >= 15 is 0 Å². The molecule has 6 nitrogen and oxygen atoms in total. The second-order valence-corrected chi connectivity index (χ2v) is 2.78. The summed E-state index contributed by atoms with van der Waals surface area (Å²) < 4.78 is 4.76. The van der Waals surface area contributed by atoms with Crippen LogP contribution >= 0.6 is 0 Å². The monoisotopic (exact) mass is 198 g/mol. The highest BCUT2D eigenvalue weighted by Crippen LogP contribution is 1.92. The summed E-state index contributed by atoms with van der Waals surface area (Å²) in [6, 6.07) is 0. The second-order valence-electron chi connectivity index (χ2n) is 2.78. The summed E-state index contributed by atoms with van der Waals surface area (Å²) in [7, 11) is 0. The summed E-state index contributed by atoms with van der Waals surface area (Å²) in [5, 5.41) is 11.5. The smallest absolute Gasteiger partial charge is 0.313 e. The number of hydrogen-bond donors (Lipinski definition) is 0. The molecule has 0 bridgehead atoms. The van der Waals surface area contributed by atoms with Gasteiger partial charge >= 0.3 is 5.97 Å². The van der Waals surface area contributed by atoms with Crippen LogP contribution < -0.4 is 0 Å². The lowest BCUT2D eigenvalue weighted by molar-refractivity contribution is -0.142. The number of hydrogen-bond acceptors (Lipinski definition) is 5. The Morgan fingerprint density at radius 1 is 1.50 bits per heavy atom. The zero-order valence-corrected chi connectivity index (χ0v) is 8.43. The number of aromatic nitrogens is 4. The quantitative estimate of drug-likeness (QED) is 0.631. The molecule has 0 unspecified atom stereocenters. The van der Waals surface area contributed by atoms with E-state index in [0.717, 1.165) is 13.0 Å². The molecular weight excluding hydrogens is 184 g/mol. The van der Waals surface area contributed by atoms with Crippen molar-refractivity contribution in [1.29, 1.82) is 0 Å². The van der Waals surface area contributed by atoms with Crippen LogP contribution in [0.3, 0.4) is 0 Å². The minimum atomic E-state index is -0.316. The van der Waals surface area contributed by atoms with Gasteiger partial charge in [0.1, 0.15) is 6.42 Å². The fraction of sp³-hybridized carbons (Fsp3) is 0.750. The number of tetrazole rings is 1. The molecule has 6 heteroatoms. The van der Waals surface area contributed by atoms with Crippen LogP contribution in [0.2, 0.25) is 0 Å². The molecule has 0 saturated carbocycles. The molecule has 1 aromatic rings. The van der Waals surface area contributed by atoms with E-state index in [4.69, 9.17) is 4.74 Å². The van der Waals surface area contributed by atoms with Crippen LogP contribution in [-0.2, 0) is 22.5 Å². The molecule has 0 radical (unpaired) electrons. The Labute approximate surface area is 82.2 Å². The molecule has 0 N–H and O–H groups in total. The molecule has 0 aliphatic heterocycles. The van der Waals surface area contributed by atoms with Gasteiger partial charge in [-0.3, -0.25) is 4.79 Å². The third-order valence-electron chi connectivity index (χ3n) is 1.53. The van der Waals surface area contributed by atoms with Crippen molar-refractivity contribution < 1.29 is 9.53 Å². The average molecular weight is 198 g/mol. The highest BCUT2D eigenvalue weighted by Gasteiger charge is 2.08. The fourth-order valence-electron chi connectivity index (χ4n) is 0.983. The number of carbonyl (C=O) groups is 1. The highest BCUT2D eigenvalue weighted by molar-refractivity contribution is 5.71. The standard InChI is InChI=1S/C8H14N4O2/c1-3-5-12-10-7(9-11-12)6-8(13)14-4-2/h3-6H2,1-2H3. The third-order valence-corrected chi connectivity index (χ3v) is 1.53. The maximum atomic E-state index is 11.0. The first kappa shape index (κ1) is 10.6. The van der Waals surface area contributed by atoms with Gasteiger partial charge in [0.15, 0.2) is 5.82 Å². The SMILES string of the molecule is CCCn1nnc(CC(=O)OCC)n1. The van der Waals surface area contributed by atoms with Crippen LogP contribution in [0.5, 0.6) is 0 Å². The van der Waals surface area contributed by atoms with E-state index in [2.05, 4.69) is 15.4 Å². The molecule has 78 valence electrons. The molecule has 0 atom stereocenters. The maximum Gasteiger partial charge on any atom is 0.313 e. The van der Waals surface area contributed by atoms with Crippen LogP contribution in [0.15, 0.2) is 0 Å². The van der Waals surface area contributed by atoms with Crippen molar-refractivity contribution in [3.63, 3.8) is 0 Å². The fourth-order valence-corrected chi connectivity index (χ4v) is 0.983. The number of nitrogens with zero attached hydrogens (tertiary/aromatic N) is 4. The predicted octanol–water partition coefficient (Wildman–Crippen LogP) is 0.189. The van der Waals surface area contributed by atoms with Gasteiger partial charge in [0.2, 0.25) is 0 Å². The normalized spacial score (nSPS) is 10.1.